The number of hydrogen-bond donors (Lipinski definition) is 2. The van der Waals surface area contributed by atoms with E-state index < -0.39 is 15.9 Å². The van der Waals surface area contributed by atoms with Crippen LogP contribution in [0.4, 0.5) is 11.4 Å². The van der Waals surface area contributed by atoms with Crippen molar-refractivity contribution in [1.29, 1.82) is 0 Å². The number of aromatic nitrogens is 2. The maximum atomic E-state index is 13.3. The van der Waals surface area contributed by atoms with E-state index >= 15 is 0 Å². The van der Waals surface area contributed by atoms with Crippen molar-refractivity contribution in [2.45, 2.75) is 32.2 Å². The maximum absolute atomic E-state index is 13.3. The standard InChI is InChI=1S/C26H26N4O4S/c1-17(2)16-30-26(32)22-12-8-7-11-21(22)24(28-30)25(31)27-19-14-13-18(3)23(15-19)29-35(33,34)20-9-5-4-6-10-20/h4-15,17,29H,16H2,1-3H3,(H,27,31). The molecule has 9 heteroatoms. The molecular weight excluding hydrogens is 464 g/mol. The van der Waals surface area contributed by atoms with Gasteiger partial charge in [0.15, 0.2) is 5.69 Å². The molecule has 0 atom stereocenters. The maximum Gasteiger partial charge on any atom is 0.276 e. The van der Waals surface area contributed by atoms with Crippen LogP contribution in [0.15, 0.2) is 82.5 Å². The van der Waals surface area contributed by atoms with Crippen LogP contribution in [0.5, 0.6) is 0 Å². The molecule has 0 unspecified atom stereocenters. The summed E-state index contributed by atoms with van der Waals surface area (Å²) in [5, 5.41) is 8.01. The Labute approximate surface area is 203 Å². The highest BCUT2D eigenvalue weighted by atomic mass is 32.2. The van der Waals surface area contributed by atoms with E-state index in [-0.39, 0.29) is 22.1 Å². The summed E-state index contributed by atoms with van der Waals surface area (Å²) in [5.41, 5.74) is 1.29. The Morgan fingerprint density at radius 1 is 0.971 bits per heavy atom. The van der Waals surface area contributed by atoms with Crippen LogP contribution in [-0.4, -0.2) is 24.1 Å². The third kappa shape index (κ3) is 5.25. The number of rotatable bonds is 7. The molecule has 0 bridgehead atoms. The Bertz CT molecular complexity index is 1560. The normalized spacial score (nSPS) is 11.5. The van der Waals surface area contributed by atoms with Crippen molar-refractivity contribution in [2.75, 3.05) is 10.0 Å². The lowest BCUT2D eigenvalue weighted by molar-refractivity contribution is 0.102. The molecule has 0 spiro atoms. The van der Waals surface area contributed by atoms with Gasteiger partial charge < -0.3 is 5.32 Å². The van der Waals surface area contributed by atoms with Crippen LogP contribution in [0, 0.1) is 12.8 Å². The number of fused-ring (bicyclic) bond motifs is 1. The minimum absolute atomic E-state index is 0.118. The zero-order valence-corrected chi connectivity index (χ0v) is 20.5. The third-order valence-corrected chi connectivity index (χ3v) is 6.80. The van der Waals surface area contributed by atoms with E-state index in [1.54, 1.807) is 67.6 Å². The summed E-state index contributed by atoms with van der Waals surface area (Å²) in [5.74, 6) is -0.339. The van der Waals surface area contributed by atoms with Gasteiger partial charge in [-0.25, -0.2) is 13.1 Å². The van der Waals surface area contributed by atoms with E-state index in [4.69, 9.17) is 0 Å². The Kier molecular flexibility index (Phi) is 6.70. The van der Waals surface area contributed by atoms with E-state index in [2.05, 4.69) is 15.1 Å². The van der Waals surface area contributed by atoms with E-state index in [1.165, 1.54) is 16.8 Å². The van der Waals surface area contributed by atoms with Gasteiger partial charge in [0.25, 0.3) is 21.5 Å². The molecule has 3 aromatic carbocycles. The molecular formula is C26H26N4O4S. The fourth-order valence-electron chi connectivity index (χ4n) is 3.68. The van der Waals surface area contributed by atoms with Crippen molar-refractivity contribution >= 4 is 38.1 Å². The smallest absolute Gasteiger partial charge is 0.276 e. The molecule has 4 aromatic rings. The Balaban J connectivity index is 1.67. The number of aryl methyl sites for hydroxylation is 1. The highest BCUT2D eigenvalue weighted by Gasteiger charge is 2.19. The molecule has 0 saturated carbocycles. The average Bonchev–Trinajstić information content (AvgIpc) is 2.83. The summed E-state index contributed by atoms with van der Waals surface area (Å²) in [6, 6.07) is 19.8. The molecule has 0 fully saturated rings. The average molecular weight is 491 g/mol. The predicted molar refractivity (Wildman–Crippen MR) is 137 cm³/mol. The molecule has 0 aliphatic heterocycles. The number of amides is 1. The number of benzene rings is 3. The van der Waals surface area contributed by atoms with Crippen molar-refractivity contribution < 1.29 is 13.2 Å². The van der Waals surface area contributed by atoms with Crippen molar-refractivity contribution in [3.63, 3.8) is 0 Å². The minimum Gasteiger partial charge on any atom is -0.321 e. The van der Waals surface area contributed by atoms with E-state index in [0.29, 0.717) is 34.3 Å². The summed E-state index contributed by atoms with van der Waals surface area (Å²) in [6.45, 7) is 6.08. The second kappa shape index (κ2) is 9.71. The van der Waals surface area contributed by atoms with Gasteiger partial charge in [0.1, 0.15) is 0 Å². The molecule has 0 radical (unpaired) electrons. The van der Waals surface area contributed by atoms with Crippen LogP contribution in [0.1, 0.15) is 29.9 Å². The van der Waals surface area contributed by atoms with E-state index in [1.807, 2.05) is 13.8 Å². The number of nitrogens with zero attached hydrogens (tertiary/aromatic N) is 2. The summed E-state index contributed by atoms with van der Waals surface area (Å²) in [4.78, 5) is 26.2. The zero-order valence-electron chi connectivity index (χ0n) is 19.6. The van der Waals surface area contributed by atoms with Gasteiger partial charge in [-0.05, 0) is 48.7 Å². The zero-order chi connectivity index (χ0) is 25.2. The quantitative estimate of drug-likeness (QED) is 0.399. The number of nitrogens with one attached hydrogen (secondary N) is 2. The van der Waals surface area contributed by atoms with E-state index in [9.17, 15) is 18.0 Å². The van der Waals surface area contributed by atoms with Crippen LogP contribution < -0.4 is 15.6 Å². The fraction of sp³-hybridized carbons (Fsp3) is 0.192. The van der Waals surface area contributed by atoms with Crippen LogP contribution in [0.2, 0.25) is 0 Å². The molecule has 0 aliphatic rings. The molecule has 1 heterocycles. The van der Waals surface area contributed by atoms with Crippen LogP contribution in [0.3, 0.4) is 0 Å². The lowest BCUT2D eigenvalue weighted by Gasteiger charge is -2.14. The van der Waals surface area contributed by atoms with Crippen LogP contribution >= 0.6 is 0 Å². The van der Waals surface area contributed by atoms with Crippen molar-refractivity contribution in [3.8, 4) is 0 Å². The Morgan fingerprint density at radius 2 is 1.63 bits per heavy atom. The van der Waals surface area contributed by atoms with Crippen LogP contribution in [0.25, 0.3) is 10.8 Å². The van der Waals surface area contributed by atoms with Crippen LogP contribution in [-0.2, 0) is 16.6 Å². The molecule has 0 saturated heterocycles. The monoisotopic (exact) mass is 490 g/mol. The van der Waals surface area contributed by atoms with Gasteiger partial charge in [0.2, 0.25) is 0 Å². The van der Waals surface area contributed by atoms with Crippen molar-refractivity contribution in [3.05, 3.63) is 94.4 Å². The lowest BCUT2D eigenvalue weighted by Crippen LogP contribution is -2.29. The molecule has 4 rings (SSSR count). The summed E-state index contributed by atoms with van der Waals surface area (Å²) < 4.78 is 29.4. The highest BCUT2D eigenvalue weighted by Crippen LogP contribution is 2.24. The fourth-order valence-corrected chi connectivity index (χ4v) is 4.82. The summed E-state index contributed by atoms with van der Waals surface area (Å²) in [6.07, 6.45) is 0. The molecule has 1 aromatic heterocycles. The minimum atomic E-state index is -3.80. The second-order valence-electron chi connectivity index (χ2n) is 8.68. The SMILES string of the molecule is Cc1ccc(NC(=O)c2nn(CC(C)C)c(=O)c3ccccc23)cc1NS(=O)(=O)c1ccccc1. The number of carbonyl (C=O) groups is 1. The Hall–Kier alpha value is -3.98. The first-order valence-electron chi connectivity index (χ1n) is 11.2. The number of carbonyl (C=O) groups excluding carboxylic acids is 1. The summed E-state index contributed by atoms with van der Waals surface area (Å²) >= 11 is 0. The van der Waals surface area contributed by atoms with Gasteiger partial charge in [-0.15, -0.1) is 0 Å². The molecule has 35 heavy (non-hydrogen) atoms. The topological polar surface area (TPSA) is 110 Å². The van der Waals surface area contributed by atoms with Gasteiger partial charge >= 0.3 is 0 Å². The number of anilines is 2. The molecule has 180 valence electrons. The molecule has 8 nitrogen and oxygen atoms in total. The van der Waals surface area contributed by atoms with Crippen molar-refractivity contribution in [2.24, 2.45) is 5.92 Å². The first kappa shape index (κ1) is 24.2. The Morgan fingerprint density at radius 3 is 2.31 bits per heavy atom. The number of hydrogen-bond acceptors (Lipinski definition) is 5. The lowest BCUT2D eigenvalue weighted by atomic mass is 10.1. The molecule has 2 N–H and O–H groups in total. The van der Waals surface area contributed by atoms with Gasteiger partial charge in [0, 0.05) is 17.6 Å². The van der Waals surface area contributed by atoms with E-state index in [0.717, 1.165) is 0 Å². The largest absolute Gasteiger partial charge is 0.321 e. The van der Waals surface area contributed by atoms with Gasteiger partial charge in [-0.2, -0.15) is 5.10 Å². The number of sulfonamides is 1. The second-order valence-corrected chi connectivity index (χ2v) is 10.4. The third-order valence-electron chi connectivity index (χ3n) is 5.41. The highest BCUT2D eigenvalue weighted by molar-refractivity contribution is 7.92. The van der Waals surface area contributed by atoms with Gasteiger partial charge in [-0.1, -0.05) is 56.3 Å². The van der Waals surface area contributed by atoms with Gasteiger partial charge in [0.05, 0.1) is 16.0 Å². The molecule has 0 aliphatic carbocycles. The first-order chi connectivity index (χ1) is 16.7. The first-order valence-corrected chi connectivity index (χ1v) is 12.6. The van der Waals surface area contributed by atoms with Gasteiger partial charge in [-0.3, -0.25) is 14.3 Å². The summed E-state index contributed by atoms with van der Waals surface area (Å²) in [7, 11) is -3.80. The van der Waals surface area contributed by atoms with Crippen molar-refractivity contribution in [1.82, 2.24) is 9.78 Å². The predicted octanol–water partition coefficient (Wildman–Crippen LogP) is 4.41. The molecule has 1 amide bonds.